The number of anilines is 1. The second-order valence-corrected chi connectivity index (χ2v) is 9.97. The molecule has 10 nitrogen and oxygen atoms in total. The fourth-order valence-corrected chi connectivity index (χ4v) is 4.76. The molecular weight excluding hydrogens is 430 g/mol. The quantitative estimate of drug-likeness (QED) is 0.431. The van der Waals surface area contributed by atoms with Crippen LogP contribution in [0.1, 0.15) is 61.8 Å². The predicted octanol–water partition coefficient (Wildman–Crippen LogP) is 2.16. The first kappa shape index (κ1) is 20.9. The van der Waals surface area contributed by atoms with Crippen molar-refractivity contribution in [3.8, 4) is 0 Å². The molecular formula is C21H25N7O3S. The Hall–Kier alpha value is -2.95. The van der Waals surface area contributed by atoms with Crippen molar-refractivity contribution in [2.24, 2.45) is 7.05 Å². The van der Waals surface area contributed by atoms with Gasteiger partial charge < -0.3 is 5.32 Å². The van der Waals surface area contributed by atoms with E-state index in [1.165, 1.54) is 11.8 Å². The number of H-pyrrole nitrogens is 1. The van der Waals surface area contributed by atoms with Gasteiger partial charge in [-0.2, -0.15) is 5.10 Å². The van der Waals surface area contributed by atoms with E-state index >= 15 is 0 Å². The number of nitrogens with zero attached hydrogens (tertiary/aromatic N) is 5. The van der Waals surface area contributed by atoms with Crippen molar-refractivity contribution in [3.63, 3.8) is 0 Å². The van der Waals surface area contributed by atoms with Crippen LogP contribution in [0.3, 0.4) is 0 Å². The first-order chi connectivity index (χ1) is 15.2. The van der Waals surface area contributed by atoms with Gasteiger partial charge in [0.2, 0.25) is 5.91 Å². The normalized spacial score (nSPS) is 17.0. The van der Waals surface area contributed by atoms with E-state index in [0.29, 0.717) is 22.2 Å². The number of aromatic nitrogens is 6. The minimum absolute atomic E-state index is 0.0545. The topological polar surface area (TPSA) is 128 Å². The van der Waals surface area contributed by atoms with Crippen LogP contribution in [0, 0.1) is 13.8 Å². The van der Waals surface area contributed by atoms with E-state index in [-0.39, 0.29) is 23.3 Å². The Morgan fingerprint density at radius 1 is 1.19 bits per heavy atom. The number of nitrogens with one attached hydrogen (secondary N) is 2. The molecule has 2 N–H and O–H groups in total. The smallest absolute Gasteiger partial charge is 0.322 e. The van der Waals surface area contributed by atoms with Gasteiger partial charge in [0.15, 0.2) is 5.65 Å². The molecule has 168 valence electrons. The van der Waals surface area contributed by atoms with E-state index in [1.54, 1.807) is 16.2 Å². The predicted molar refractivity (Wildman–Crippen MR) is 121 cm³/mol. The Morgan fingerprint density at radius 2 is 1.91 bits per heavy atom. The minimum atomic E-state index is -0.528. The Morgan fingerprint density at radius 3 is 2.50 bits per heavy atom. The van der Waals surface area contributed by atoms with Crippen molar-refractivity contribution in [1.82, 2.24) is 29.3 Å². The molecule has 5 rings (SSSR count). The number of carbonyl (C=O) groups is 1. The van der Waals surface area contributed by atoms with Crippen LogP contribution in [0.4, 0.5) is 5.69 Å². The van der Waals surface area contributed by atoms with Gasteiger partial charge >= 0.3 is 5.69 Å². The number of aromatic amines is 1. The van der Waals surface area contributed by atoms with Crippen molar-refractivity contribution in [2.45, 2.75) is 68.7 Å². The maximum atomic E-state index is 13.0. The van der Waals surface area contributed by atoms with Gasteiger partial charge in [0.1, 0.15) is 16.2 Å². The van der Waals surface area contributed by atoms with Gasteiger partial charge in [-0.1, -0.05) is 11.8 Å². The summed E-state index contributed by atoms with van der Waals surface area (Å²) < 4.78 is 3.31. The summed E-state index contributed by atoms with van der Waals surface area (Å²) >= 11 is 1.21. The van der Waals surface area contributed by atoms with E-state index in [9.17, 15) is 14.4 Å². The third-order valence-electron chi connectivity index (χ3n) is 6.04. The molecule has 32 heavy (non-hydrogen) atoms. The summed E-state index contributed by atoms with van der Waals surface area (Å²) in [5.74, 6) is 0.678. The number of hydrogen-bond acceptors (Lipinski definition) is 7. The fraction of sp³-hybridized carbons (Fsp3) is 0.524. The molecule has 0 saturated heterocycles. The molecule has 3 aromatic heterocycles. The van der Waals surface area contributed by atoms with Crippen LogP contribution < -0.4 is 16.6 Å². The lowest BCUT2D eigenvalue weighted by Gasteiger charge is -2.15. The van der Waals surface area contributed by atoms with E-state index in [1.807, 2.05) is 20.9 Å². The zero-order valence-corrected chi connectivity index (χ0v) is 19.2. The standard InChI is InChI=1S/C21H25N7O3S/c1-9-15(10(2)27(4)26-9)22-18(29)11(3)32-20-14-17(23-16(24-20)12-5-6-12)28(13-7-8-13)21(31)25-19(14)30/h11-13H,5-8H2,1-4H3,(H,22,29)(H,25,30,31)/t11-/m1/s1. The average molecular weight is 456 g/mol. The highest BCUT2D eigenvalue weighted by atomic mass is 32.2. The van der Waals surface area contributed by atoms with Gasteiger partial charge in [-0.15, -0.1) is 0 Å². The van der Waals surface area contributed by atoms with Crippen molar-refractivity contribution in [3.05, 3.63) is 38.1 Å². The maximum Gasteiger partial charge on any atom is 0.330 e. The van der Waals surface area contributed by atoms with Crippen LogP contribution in [-0.4, -0.2) is 40.5 Å². The van der Waals surface area contributed by atoms with Gasteiger partial charge in [0.25, 0.3) is 5.56 Å². The maximum absolute atomic E-state index is 13.0. The van der Waals surface area contributed by atoms with Crippen LogP contribution in [0.5, 0.6) is 0 Å². The van der Waals surface area contributed by atoms with Crippen LogP contribution >= 0.6 is 11.8 Å². The highest BCUT2D eigenvalue weighted by molar-refractivity contribution is 8.00. The average Bonchev–Trinajstić information content (AvgIpc) is 3.63. The highest BCUT2D eigenvalue weighted by Gasteiger charge is 2.33. The number of aryl methyl sites for hydroxylation is 2. The largest absolute Gasteiger partial charge is 0.330 e. The molecule has 0 unspecified atom stereocenters. The number of thioether (sulfide) groups is 1. The monoisotopic (exact) mass is 455 g/mol. The second-order valence-electron chi connectivity index (χ2n) is 8.64. The molecule has 2 fully saturated rings. The second kappa shape index (κ2) is 7.58. The molecule has 3 aromatic rings. The molecule has 11 heteroatoms. The third kappa shape index (κ3) is 3.64. The summed E-state index contributed by atoms with van der Waals surface area (Å²) in [7, 11) is 1.83. The van der Waals surface area contributed by atoms with Gasteiger partial charge in [0, 0.05) is 19.0 Å². The summed E-state index contributed by atoms with van der Waals surface area (Å²) in [6.07, 6.45) is 3.74. The van der Waals surface area contributed by atoms with Crippen LogP contribution in [0.15, 0.2) is 14.6 Å². The SMILES string of the molecule is Cc1nn(C)c(C)c1NC(=O)[C@@H](C)Sc1nc(C2CC2)nc2c1c(=O)[nH]c(=O)n2C1CC1. The van der Waals surface area contributed by atoms with Crippen molar-refractivity contribution >= 4 is 34.4 Å². The van der Waals surface area contributed by atoms with Gasteiger partial charge in [-0.25, -0.2) is 14.8 Å². The number of fused-ring (bicyclic) bond motifs is 1. The molecule has 0 radical (unpaired) electrons. The summed E-state index contributed by atoms with van der Waals surface area (Å²) in [4.78, 5) is 50.0. The van der Waals surface area contributed by atoms with Gasteiger partial charge in [0.05, 0.1) is 22.3 Å². The first-order valence-corrected chi connectivity index (χ1v) is 11.7. The number of amides is 1. The lowest BCUT2D eigenvalue weighted by atomic mass is 10.3. The highest BCUT2D eigenvalue weighted by Crippen LogP contribution is 2.41. The van der Waals surface area contributed by atoms with E-state index < -0.39 is 16.5 Å². The Balaban J connectivity index is 1.53. The molecule has 0 aliphatic heterocycles. The zero-order valence-electron chi connectivity index (χ0n) is 18.4. The molecule has 2 aliphatic carbocycles. The van der Waals surface area contributed by atoms with E-state index in [2.05, 4.69) is 25.4 Å². The van der Waals surface area contributed by atoms with Crippen molar-refractivity contribution < 1.29 is 4.79 Å². The number of carbonyl (C=O) groups excluding carboxylic acids is 1. The molecule has 1 atom stereocenters. The molecule has 2 saturated carbocycles. The van der Waals surface area contributed by atoms with Gasteiger partial charge in [-0.3, -0.25) is 23.8 Å². The van der Waals surface area contributed by atoms with E-state index in [4.69, 9.17) is 0 Å². The lowest BCUT2D eigenvalue weighted by Crippen LogP contribution is -2.31. The third-order valence-corrected chi connectivity index (χ3v) is 7.12. The Labute approximate surface area is 187 Å². The van der Waals surface area contributed by atoms with Gasteiger partial charge in [-0.05, 0) is 46.5 Å². The molecule has 0 bridgehead atoms. The molecule has 3 heterocycles. The number of rotatable bonds is 6. The van der Waals surface area contributed by atoms with Crippen LogP contribution in [0.2, 0.25) is 0 Å². The Kier molecular flexibility index (Phi) is 4.95. The summed E-state index contributed by atoms with van der Waals surface area (Å²) in [5.41, 5.74) is 1.72. The Bertz CT molecular complexity index is 1360. The lowest BCUT2D eigenvalue weighted by molar-refractivity contribution is -0.115. The van der Waals surface area contributed by atoms with Crippen LogP contribution in [-0.2, 0) is 11.8 Å². The van der Waals surface area contributed by atoms with Crippen molar-refractivity contribution in [1.29, 1.82) is 0 Å². The molecule has 2 aliphatic rings. The molecule has 1 amide bonds. The zero-order chi connectivity index (χ0) is 22.7. The first-order valence-electron chi connectivity index (χ1n) is 10.8. The number of hydrogen-bond donors (Lipinski definition) is 2. The summed E-state index contributed by atoms with van der Waals surface area (Å²) in [6.45, 7) is 5.51. The van der Waals surface area contributed by atoms with E-state index in [0.717, 1.165) is 37.1 Å². The van der Waals surface area contributed by atoms with Crippen molar-refractivity contribution in [2.75, 3.05) is 5.32 Å². The molecule has 0 spiro atoms. The fourth-order valence-electron chi connectivity index (χ4n) is 3.82. The summed E-state index contributed by atoms with van der Waals surface area (Å²) in [5, 5.41) is 7.48. The van der Waals surface area contributed by atoms with Crippen LogP contribution in [0.25, 0.3) is 11.0 Å². The minimum Gasteiger partial charge on any atom is -0.322 e. The summed E-state index contributed by atoms with van der Waals surface area (Å²) in [6, 6.07) is 0.0545. The molecule has 0 aromatic carbocycles.